The topological polar surface area (TPSA) is 67.9 Å². The van der Waals surface area contributed by atoms with E-state index in [4.69, 9.17) is 21.1 Å². The Morgan fingerprint density at radius 2 is 1.76 bits per heavy atom. The lowest BCUT2D eigenvalue weighted by atomic mass is 10.0. The predicted octanol–water partition coefficient (Wildman–Crippen LogP) is 3.84. The van der Waals surface area contributed by atoms with Gasteiger partial charge in [0, 0.05) is 24.7 Å². The molecule has 0 aliphatic carbocycles. The number of rotatable bonds is 9. The molecule has 0 bridgehead atoms. The first-order valence-electron chi connectivity index (χ1n) is 9.46. The van der Waals surface area contributed by atoms with Gasteiger partial charge in [-0.1, -0.05) is 36.7 Å². The van der Waals surface area contributed by atoms with E-state index in [1.165, 1.54) is 4.90 Å². The minimum Gasteiger partial charge on any atom is -0.483 e. The number of hydrogen-bond donors (Lipinski definition) is 1. The van der Waals surface area contributed by atoms with Gasteiger partial charge >= 0.3 is 0 Å². The summed E-state index contributed by atoms with van der Waals surface area (Å²) in [6, 6.07) is 14.0. The van der Waals surface area contributed by atoms with Gasteiger partial charge in [-0.2, -0.15) is 0 Å². The summed E-state index contributed by atoms with van der Waals surface area (Å²) < 4.78 is 11.4. The molecule has 156 valence electrons. The van der Waals surface area contributed by atoms with Gasteiger partial charge in [-0.25, -0.2) is 0 Å². The van der Waals surface area contributed by atoms with E-state index in [1.807, 2.05) is 25.1 Å². The largest absolute Gasteiger partial charge is 0.483 e. The van der Waals surface area contributed by atoms with Crippen LogP contribution in [0.25, 0.3) is 0 Å². The number of nitrogens with one attached hydrogen (secondary N) is 1. The average Bonchev–Trinajstić information content (AvgIpc) is 2.71. The van der Waals surface area contributed by atoms with Gasteiger partial charge < -0.3 is 19.7 Å². The Balaban J connectivity index is 2.05. The molecule has 2 atom stereocenters. The molecule has 0 heterocycles. The normalized spacial score (nSPS) is 12.6. The van der Waals surface area contributed by atoms with E-state index in [-0.39, 0.29) is 24.5 Å². The Kier molecular flexibility index (Phi) is 8.34. The first kappa shape index (κ1) is 22.6. The monoisotopic (exact) mass is 418 g/mol. The number of hydrogen-bond acceptors (Lipinski definition) is 4. The molecular weight excluding hydrogens is 392 g/mol. The van der Waals surface area contributed by atoms with Gasteiger partial charge in [-0.05, 0) is 43.7 Å². The number of para-hydroxylation sites is 1. The summed E-state index contributed by atoms with van der Waals surface area (Å²) in [5.41, 5.74) is 0.814. The van der Waals surface area contributed by atoms with Crippen molar-refractivity contribution in [2.24, 2.45) is 0 Å². The number of likely N-dealkylation sites (N-methyl/N-ethyl adjacent to an activating group) is 1. The van der Waals surface area contributed by atoms with Gasteiger partial charge in [0.2, 0.25) is 0 Å². The van der Waals surface area contributed by atoms with Crippen molar-refractivity contribution in [3.63, 3.8) is 0 Å². The third-order valence-corrected chi connectivity index (χ3v) is 4.62. The molecule has 0 aliphatic rings. The quantitative estimate of drug-likeness (QED) is 0.671. The number of amides is 2. The van der Waals surface area contributed by atoms with E-state index in [1.54, 1.807) is 51.4 Å². The van der Waals surface area contributed by atoms with Crippen molar-refractivity contribution < 1.29 is 19.1 Å². The molecule has 0 aromatic heterocycles. The molecule has 6 nitrogen and oxygen atoms in total. The molecule has 0 fully saturated rings. The molecule has 0 radical (unpaired) electrons. The zero-order chi connectivity index (χ0) is 21.4. The van der Waals surface area contributed by atoms with E-state index in [9.17, 15) is 9.59 Å². The van der Waals surface area contributed by atoms with Crippen LogP contribution in [0.15, 0.2) is 48.5 Å². The van der Waals surface area contributed by atoms with Crippen LogP contribution in [0.1, 0.15) is 31.9 Å². The molecule has 0 aliphatic heterocycles. The molecule has 0 saturated carbocycles. The van der Waals surface area contributed by atoms with Crippen molar-refractivity contribution in [3.8, 4) is 11.5 Å². The minimum absolute atomic E-state index is 0.0650. The zero-order valence-electron chi connectivity index (χ0n) is 17.1. The molecule has 2 amide bonds. The fourth-order valence-corrected chi connectivity index (χ4v) is 2.75. The Hall–Kier alpha value is -2.73. The Morgan fingerprint density at radius 3 is 2.38 bits per heavy atom. The molecule has 1 N–H and O–H groups in total. The maximum absolute atomic E-state index is 12.7. The summed E-state index contributed by atoms with van der Waals surface area (Å²) in [5, 5.41) is 3.60. The minimum atomic E-state index is -0.686. The molecule has 0 spiro atoms. The van der Waals surface area contributed by atoms with Crippen molar-refractivity contribution in [2.45, 2.75) is 32.4 Å². The zero-order valence-corrected chi connectivity index (χ0v) is 17.9. The number of nitrogens with zero attached hydrogens (tertiary/aromatic N) is 1. The Bertz CT molecular complexity index is 824. The van der Waals surface area contributed by atoms with Crippen molar-refractivity contribution in [1.29, 1.82) is 0 Å². The summed E-state index contributed by atoms with van der Waals surface area (Å²) >= 11 is 5.87. The second kappa shape index (κ2) is 10.7. The number of benzene rings is 2. The Morgan fingerprint density at radius 1 is 1.10 bits per heavy atom. The van der Waals surface area contributed by atoms with E-state index in [2.05, 4.69) is 5.32 Å². The van der Waals surface area contributed by atoms with Crippen LogP contribution < -0.4 is 14.8 Å². The number of carbonyl (C=O) groups excluding carboxylic acids is 2. The standard InChI is InChI=1S/C22H27ClN2O4/c1-5-19(18-8-6-7-9-20(18)28-14-21(26)25(3)4)24-22(27)15(2)29-17-12-10-16(23)11-13-17/h6-13,15,19H,5,14H2,1-4H3,(H,24,27). The van der Waals surface area contributed by atoms with Gasteiger partial charge in [0.05, 0.1) is 6.04 Å². The van der Waals surface area contributed by atoms with E-state index in [0.717, 1.165) is 5.56 Å². The van der Waals surface area contributed by atoms with Crippen LogP contribution in [0.2, 0.25) is 5.02 Å². The highest BCUT2D eigenvalue weighted by Gasteiger charge is 2.22. The molecule has 29 heavy (non-hydrogen) atoms. The van der Waals surface area contributed by atoms with Crippen molar-refractivity contribution in [1.82, 2.24) is 10.2 Å². The maximum atomic E-state index is 12.7. The molecular formula is C22H27ClN2O4. The number of carbonyl (C=O) groups is 2. The van der Waals surface area contributed by atoms with Gasteiger partial charge in [-0.15, -0.1) is 0 Å². The molecule has 2 unspecified atom stereocenters. The number of halogens is 1. The van der Waals surface area contributed by atoms with Crippen LogP contribution >= 0.6 is 11.6 Å². The maximum Gasteiger partial charge on any atom is 0.261 e. The van der Waals surface area contributed by atoms with E-state index >= 15 is 0 Å². The fourth-order valence-electron chi connectivity index (χ4n) is 2.63. The summed E-state index contributed by atoms with van der Waals surface area (Å²) in [4.78, 5) is 26.0. The van der Waals surface area contributed by atoms with Gasteiger partial charge in [-0.3, -0.25) is 9.59 Å². The highest BCUT2D eigenvalue weighted by atomic mass is 35.5. The van der Waals surface area contributed by atoms with Crippen LogP contribution in [-0.2, 0) is 9.59 Å². The van der Waals surface area contributed by atoms with Crippen LogP contribution in [0, 0.1) is 0 Å². The lowest BCUT2D eigenvalue weighted by molar-refractivity contribution is -0.131. The Labute approximate surface area is 176 Å². The lowest BCUT2D eigenvalue weighted by Crippen LogP contribution is -2.38. The lowest BCUT2D eigenvalue weighted by Gasteiger charge is -2.23. The first-order valence-corrected chi connectivity index (χ1v) is 9.84. The molecule has 7 heteroatoms. The van der Waals surface area contributed by atoms with Gasteiger partial charge in [0.15, 0.2) is 12.7 Å². The van der Waals surface area contributed by atoms with Gasteiger partial charge in [0.1, 0.15) is 11.5 Å². The third kappa shape index (κ3) is 6.68. The third-order valence-electron chi connectivity index (χ3n) is 4.36. The van der Waals surface area contributed by atoms with Crippen LogP contribution in [0.5, 0.6) is 11.5 Å². The first-order chi connectivity index (χ1) is 13.8. The highest BCUT2D eigenvalue weighted by molar-refractivity contribution is 6.30. The predicted molar refractivity (Wildman–Crippen MR) is 113 cm³/mol. The van der Waals surface area contributed by atoms with Crippen LogP contribution in [0.3, 0.4) is 0 Å². The van der Waals surface area contributed by atoms with E-state index < -0.39 is 6.10 Å². The summed E-state index contributed by atoms with van der Waals surface area (Å²) in [6.45, 7) is 3.59. The van der Waals surface area contributed by atoms with Crippen molar-refractivity contribution in [2.75, 3.05) is 20.7 Å². The van der Waals surface area contributed by atoms with Crippen LogP contribution in [0.4, 0.5) is 0 Å². The van der Waals surface area contributed by atoms with E-state index in [0.29, 0.717) is 22.9 Å². The molecule has 0 saturated heterocycles. The SMILES string of the molecule is CCC(NC(=O)C(C)Oc1ccc(Cl)cc1)c1ccccc1OCC(=O)N(C)C. The second-order valence-corrected chi connectivity index (χ2v) is 7.23. The van der Waals surface area contributed by atoms with Crippen LogP contribution in [-0.4, -0.2) is 43.5 Å². The fraction of sp³-hybridized carbons (Fsp3) is 0.364. The highest BCUT2D eigenvalue weighted by Crippen LogP contribution is 2.27. The molecule has 2 aromatic rings. The van der Waals surface area contributed by atoms with Crippen molar-refractivity contribution in [3.05, 3.63) is 59.1 Å². The smallest absolute Gasteiger partial charge is 0.261 e. The second-order valence-electron chi connectivity index (χ2n) is 6.80. The average molecular weight is 419 g/mol. The summed E-state index contributed by atoms with van der Waals surface area (Å²) in [5.74, 6) is 0.755. The summed E-state index contributed by atoms with van der Waals surface area (Å²) in [6.07, 6.45) is -0.0323. The molecule has 2 rings (SSSR count). The summed E-state index contributed by atoms with van der Waals surface area (Å²) in [7, 11) is 3.35. The molecule has 2 aromatic carbocycles. The number of ether oxygens (including phenoxy) is 2. The van der Waals surface area contributed by atoms with Gasteiger partial charge in [0.25, 0.3) is 11.8 Å². The van der Waals surface area contributed by atoms with Crippen molar-refractivity contribution >= 4 is 23.4 Å².